The molecule has 0 atom stereocenters. The van der Waals surface area contributed by atoms with Crippen molar-refractivity contribution in [2.75, 3.05) is 18.8 Å². The Kier molecular flexibility index (Phi) is 4.73. The molecule has 3 N–H and O–H groups in total. The molecule has 1 aromatic carbocycles. The van der Waals surface area contributed by atoms with Crippen LogP contribution in [0.3, 0.4) is 0 Å². The van der Waals surface area contributed by atoms with E-state index in [4.69, 9.17) is 5.73 Å². The highest BCUT2D eigenvalue weighted by atomic mass is 32.1. The van der Waals surface area contributed by atoms with Crippen LogP contribution in [0.25, 0.3) is 11.3 Å². The summed E-state index contributed by atoms with van der Waals surface area (Å²) in [6, 6.07) is 10.2. The van der Waals surface area contributed by atoms with E-state index >= 15 is 0 Å². The van der Waals surface area contributed by atoms with Crippen LogP contribution < -0.4 is 11.1 Å². The van der Waals surface area contributed by atoms with Gasteiger partial charge in [-0.1, -0.05) is 37.3 Å². The molecule has 0 saturated heterocycles. The second-order valence-electron chi connectivity index (χ2n) is 4.19. The van der Waals surface area contributed by atoms with E-state index in [1.54, 1.807) is 11.3 Å². The van der Waals surface area contributed by atoms with Gasteiger partial charge in [-0.3, -0.25) is 0 Å². The summed E-state index contributed by atoms with van der Waals surface area (Å²) in [5.41, 5.74) is 8.02. The first-order chi connectivity index (χ1) is 8.81. The van der Waals surface area contributed by atoms with E-state index in [1.807, 2.05) is 18.2 Å². The fraction of sp³-hybridized carbons (Fsp3) is 0.357. The third-order valence-electron chi connectivity index (χ3n) is 2.72. The predicted molar refractivity (Wildman–Crippen MR) is 78.8 cm³/mol. The largest absolute Gasteiger partial charge is 0.375 e. The van der Waals surface area contributed by atoms with Gasteiger partial charge >= 0.3 is 0 Å². The summed E-state index contributed by atoms with van der Waals surface area (Å²) in [5.74, 6) is 0. The summed E-state index contributed by atoms with van der Waals surface area (Å²) in [6.45, 7) is 4.22. The normalized spacial score (nSPS) is 10.7. The molecule has 0 saturated carbocycles. The van der Waals surface area contributed by atoms with Crippen LogP contribution >= 0.6 is 11.3 Å². The number of anilines is 1. The molecule has 0 bridgehead atoms. The molecule has 0 aliphatic rings. The van der Waals surface area contributed by atoms with Crippen LogP contribution in [0.4, 0.5) is 5.13 Å². The second kappa shape index (κ2) is 6.52. The number of rotatable bonds is 6. The van der Waals surface area contributed by atoms with Crippen LogP contribution in [0, 0.1) is 0 Å². The zero-order chi connectivity index (χ0) is 12.8. The van der Waals surface area contributed by atoms with Gasteiger partial charge in [0.1, 0.15) is 0 Å². The van der Waals surface area contributed by atoms with E-state index in [1.165, 1.54) is 4.88 Å². The maximum absolute atomic E-state index is 5.83. The lowest BCUT2D eigenvalue weighted by atomic mass is 10.1. The standard InChI is InChI=1S/C14H19N3S/c1-2-9-16-10-8-12-13(17-14(15)18-12)11-6-4-3-5-7-11/h3-7,16H,2,8-10H2,1H3,(H2,15,17). The fourth-order valence-corrected chi connectivity index (χ4v) is 2.72. The van der Waals surface area contributed by atoms with E-state index in [-0.39, 0.29) is 0 Å². The van der Waals surface area contributed by atoms with E-state index < -0.39 is 0 Å². The number of aromatic nitrogens is 1. The van der Waals surface area contributed by atoms with Gasteiger partial charge in [0.05, 0.1) is 5.69 Å². The molecule has 0 spiro atoms. The summed E-state index contributed by atoms with van der Waals surface area (Å²) < 4.78 is 0. The molecule has 18 heavy (non-hydrogen) atoms. The Morgan fingerprint density at radius 2 is 2.00 bits per heavy atom. The highest BCUT2D eigenvalue weighted by molar-refractivity contribution is 7.15. The fourth-order valence-electron chi connectivity index (χ4n) is 1.86. The van der Waals surface area contributed by atoms with Gasteiger partial charge in [0.25, 0.3) is 0 Å². The van der Waals surface area contributed by atoms with Crippen molar-refractivity contribution in [2.45, 2.75) is 19.8 Å². The number of nitrogens with zero attached hydrogens (tertiary/aromatic N) is 1. The molecule has 1 heterocycles. The van der Waals surface area contributed by atoms with Gasteiger partial charge in [-0.25, -0.2) is 4.98 Å². The number of nitrogens with one attached hydrogen (secondary N) is 1. The molecule has 0 amide bonds. The molecule has 0 unspecified atom stereocenters. The van der Waals surface area contributed by atoms with Crippen molar-refractivity contribution in [1.82, 2.24) is 10.3 Å². The molecular formula is C14H19N3S. The molecule has 0 aliphatic carbocycles. The van der Waals surface area contributed by atoms with Gasteiger partial charge in [-0.15, -0.1) is 11.3 Å². The van der Waals surface area contributed by atoms with Crippen LogP contribution in [0.15, 0.2) is 30.3 Å². The number of thiazole rings is 1. The Morgan fingerprint density at radius 1 is 1.22 bits per heavy atom. The van der Waals surface area contributed by atoms with Gasteiger partial charge < -0.3 is 11.1 Å². The van der Waals surface area contributed by atoms with Gasteiger partial charge in [-0.05, 0) is 19.4 Å². The number of hydrogen-bond donors (Lipinski definition) is 2. The minimum atomic E-state index is 0.652. The van der Waals surface area contributed by atoms with E-state index in [9.17, 15) is 0 Å². The van der Waals surface area contributed by atoms with Crippen molar-refractivity contribution in [3.8, 4) is 11.3 Å². The minimum absolute atomic E-state index is 0.652. The molecule has 3 nitrogen and oxygen atoms in total. The zero-order valence-corrected chi connectivity index (χ0v) is 11.5. The van der Waals surface area contributed by atoms with Crippen molar-refractivity contribution in [2.24, 2.45) is 0 Å². The van der Waals surface area contributed by atoms with Gasteiger partial charge in [0.15, 0.2) is 5.13 Å². The summed E-state index contributed by atoms with van der Waals surface area (Å²) in [4.78, 5) is 5.71. The van der Waals surface area contributed by atoms with Crippen LogP contribution in [-0.2, 0) is 6.42 Å². The molecule has 0 aliphatic heterocycles. The van der Waals surface area contributed by atoms with E-state index in [0.717, 1.165) is 37.2 Å². The van der Waals surface area contributed by atoms with E-state index in [2.05, 4.69) is 29.4 Å². The van der Waals surface area contributed by atoms with Crippen LogP contribution in [0.1, 0.15) is 18.2 Å². The maximum atomic E-state index is 5.83. The quantitative estimate of drug-likeness (QED) is 0.786. The van der Waals surface area contributed by atoms with E-state index in [0.29, 0.717) is 5.13 Å². The molecule has 2 rings (SSSR count). The van der Waals surface area contributed by atoms with Gasteiger partial charge in [0, 0.05) is 17.0 Å². The minimum Gasteiger partial charge on any atom is -0.375 e. The van der Waals surface area contributed by atoms with Crippen LogP contribution in [-0.4, -0.2) is 18.1 Å². The zero-order valence-electron chi connectivity index (χ0n) is 10.6. The maximum Gasteiger partial charge on any atom is 0.180 e. The average Bonchev–Trinajstić information content (AvgIpc) is 2.77. The molecule has 0 fully saturated rings. The lowest BCUT2D eigenvalue weighted by molar-refractivity contribution is 0.674. The molecule has 1 aromatic heterocycles. The number of nitrogens with two attached hydrogens (primary N) is 1. The molecule has 0 radical (unpaired) electrons. The highest BCUT2D eigenvalue weighted by Gasteiger charge is 2.10. The Balaban J connectivity index is 2.11. The van der Waals surface area contributed by atoms with Crippen molar-refractivity contribution in [3.05, 3.63) is 35.2 Å². The summed E-state index contributed by atoms with van der Waals surface area (Å²) in [6.07, 6.45) is 2.15. The van der Waals surface area contributed by atoms with Gasteiger partial charge in [-0.2, -0.15) is 0 Å². The molecule has 96 valence electrons. The SMILES string of the molecule is CCCNCCc1sc(N)nc1-c1ccccc1. The highest BCUT2D eigenvalue weighted by Crippen LogP contribution is 2.29. The molecule has 2 aromatic rings. The Bertz CT molecular complexity index is 479. The topological polar surface area (TPSA) is 50.9 Å². The number of benzene rings is 1. The Hall–Kier alpha value is -1.39. The predicted octanol–water partition coefficient (Wildman–Crippen LogP) is 2.93. The summed E-state index contributed by atoms with van der Waals surface area (Å²) >= 11 is 1.59. The number of hydrogen-bond acceptors (Lipinski definition) is 4. The average molecular weight is 261 g/mol. The molecule has 4 heteroatoms. The Labute approximate surface area is 112 Å². The first-order valence-electron chi connectivity index (χ1n) is 6.32. The number of nitrogen functional groups attached to an aromatic ring is 1. The van der Waals surface area contributed by atoms with Crippen molar-refractivity contribution < 1.29 is 0 Å². The molecular weight excluding hydrogens is 242 g/mol. The smallest absolute Gasteiger partial charge is 0.180 e. The first kappa shape index (κ1) is 13.1. The lowest BCUT2D eigenvalue weighted by Crippen LogP contribution is -2.17. The summed E-state index contributed by atoms with van der Waals surface area (Å²) in [7, 11) is 0. The third kappa shape index (κ3) is 3.31. The van der Waals surface area contributed by atoms with Crippen molar-refractivity contribution >= 4 is 16.5 Å². The third-order valence-corrected chi connectivity index (χ3v) is 3.66. The first-order valence-corrected chi connectivity index (χ1v) is 7.14. The Morgan fingerprint density at radius 3 is 2.72 bits per heavy atom. The van der Waals surface area contributed by atoms with Crippen LogP contribution in [0.5, 0.6) is 0 Å². The van der Waals surface area contributed by atoms with Crippen molar-refractivity contribution in [1.29, 1.82) is 0 Å². The van der Waals surface area contributed by atoms with Gasteiger partial charge in [0.2, 0.25) is 0 Å². The monoisotopic (exact) mass is 261 g/mol. The lowest BCUT2D eigenvalue weighted by Gasteiger charge is -2.03. The van der Waals surface area contributed by atoms with Crippen LogP contribution in [0.2, 0.25) is 0 Å². The van der Waals surface area contributed by atoms with Crippen molar-refractivity contribution in [3.63, 3.8) is 0 Å². The second-order valence-corrected chi connectivity index (χ2v) is 5.31. The summed E-state index contributed by atoms with van der Waals surface area (Å²) in [5, 5.41) is 4.06.